The molecule has 7 rings (SSSR count). The molecule has 5 nitrogen and oxygen atoms in total. The summed E-state index contributed by atoms with van der Waals surface area (Å²) >= 11 is 0. The number of ether oxygens (including phenoxy) is 1. The Morgan fingerprint density at radius 1 is 0.682 bits per heavy atom. The maximum atomic E-state index is 6.52. The van der Waals surface area contributed by atoms with Gasteiger partial charge in [0.1, 0.15) is 17.3 Å². The minimum absolute atomic E-state index is 0.0229. The van der Waals surface area contributed by atoms with Crippen molar-refractivity contribution in [2.45, 2.75) is 47.0 Å². The van der Waals surface area contributed by atoms with E-state index in [1.54, 1.807) is 0 Å². The van der Waals surface area contributed by atoms with Gasteiger partial charge in [-0.3, -0.25) is 4.57 Å². The van der Waals surface area contributed by atoms with Crippen molar-refractivity contribution >= 4 is 33.2 Å². The summed E-state index contributed by atoms with van der Waals surface area (Å²) in [4.78, 5) is 9.38. The Balaban J connectivity index is 1.21. The van der Waals surface area contributed by atoms with Gasteiger partial charge >= 0.3 is 0 Å². The van der Waals surface area contributed by atoms with E-state index in [1.165, 1.54) is 38.7 Å². The van der Waals surface area contributed by atoms with E-state index in [0.717, 1.165) is 40.7 Å². The molecule has 1 aliphatic heterocycles. The average Bonchev–Trinajstić information content (AvgIpc) is 3.59. The summed E-state index contributed by atoms with van der Waals surface area (Å²) in [6, 6.07) is 32.0. The van der Waals surface area contributed by atoms with Crippen molar-refractivity contribution in [2.24, 2.45) is 0 Å². The van der Waals surface area contributed by atoms with Crippen LogP contribution in [-0.2, 0) is 5.41 Å². The van der Waals surface area contributed by atoms with Crippen LogP contribution in [-0.4, -0.2) is 16.2 Å². The summed E-state index contributed by atoms with van der Waals surface area (Å²) in [6.45, 7) is 14.0. The van der Waals surface area contributed by atoms with Crippen molar-refractivity contribution in [3.63, 3.8) is 0 Å². The van der Waals surface area contributed by atoms with Crippen molar-refractivity contribution in [3.8, 4) is 17.3 Å². The normalized spacial score (nSPS) is 13.4. The number of fused-ring (bicyclic) bond motifs is 3. The fourth-order valence-corrected chi connectivity index (χ4v) is 6.49. The fraction of sp³-hybridized carbons (Fsp3) is 0.205. The average molecular weight is 579 g/mol. The second-order valence-corrected chi connectivity index (χ2v) is 12.9. The van der Waals surface area contributed by atoms with Crippen LogP contribution in [0.3, 0.4) is 0 Å². The predicted octanol–water partition coefficient (Wildman–Crippen LogP) is 9.95. The van der Waals surface area contributed by atoms with E-state index in [-0.39, 0.29) is 5.41 Å². The molecule has 4 aromatic carbocycles. The molecule has 1 aliphatic rings. The number of para-hydroxylation sites is 1. The van der Waals surface area contributed by atoms with Crippen molar-refractivity contribution in [1.29, 1.82) is 0 Å². The molecular weight excluding hydrogens is 540 g/mol. The molecule has 0 bridgehead atoms. The molecule has 0 amide bonds. The van der Waals surface area contributed by atoms with Crippen LogP contribution < -0.4 is 14.5 Å². The molecule has 0 spiro atoms. The second kappa shape index (κ2) is 10.6. The van der Waals surface area contributed by atoms with E-state index in [2.05, 4.69) is 153 Å². The minimum atomic E-state index is 0.0229. The highest BCUT2D eigenvalue weighted by Crippen LogP contribution is 2.37. The molecule has 44 heavy (non-hydrogen) atoms. The third kappa shape index (κ3) is 4.98. The van der Waals surface area contributed by atoms with E-state index in [0.29, 0.717) is 0 Å². The number of aryl methyl sites for hydroxylation is 3. The van der Waals surface area contributed by atoms with Crippen LogP contribution in [0, 0.1) is 20.8 Å². The molecular formula is C39H38N4O. The zero-order valence-corrected chi connectivity index (χ0v) is 26.3. The van der Waals surface area contributed by atoms with Gasteiger partial charge in [0.05, 0.1) is 17.7 Å². The largest absolute Gasteiger partial charge is 0.457 e. The number of hydrogen-bond donors (Lipinski definition) is 0. The highest BCUT2D eigenvalue weighted by Gasteiger charge is 2.20. The Kier molecular flexibility index (Phi) is 6.69. The summed E-state index contributed by atoms with van der Waals surface area (Å²) in [5.74, 6) is 2.49. The predicted molar refractivity (Wildman–Crippen MR) is 183 cm³/mol. The number of hydrogen-bond acceptors (Lipinski definition) is 4. The summed E-state index contributed by atoms with van der Waals surface area (Å²) in [5, 5.41) is 2.37. The third-order valence-electron chi connectivity index (χ3n) is 8.52. The molecule has 220 valence electrons. The molecule has 6 aromatic rings. The highest BCUT2D eigenvalue weighted by molar-refractivity contribution is 6.09. The van der Waals surface area contributed by atoms with Gasteiger partial charge in [-0.1, -0.05) is 62.7 Å². The number of anilines is 2. The maximum Gasteiger partial charge on any atom is 0.137 e. The van der Waals surface area contributed by atoms with Crippen molar-refractivity contribution in [3.05, 3.63) is 132 Å². The first-order valence-corrected chi connectivity index (χ1v) is 15.2. The van der Waals surface area contributed by atoms with E-state index in [1.807, 2.05) is 12.3 Å². The second-order valence-electron chi connectivity index (χ2n) is 12.9. The lowest BCUT2D eigenvalue weighted by Gasteiger charge is -2.25. The van der Waals surface area contributed by atoms with Gasteiger partial charge in [0, 0.05) is 52.9 Å². The molecule has 0 unspecified atom stereocenters. The highest BCUT2D eigenvalue weighted by atomic mass is 16.5. The van der Waals surface area contributed by atoms with Gasteiger partial charge in [-0.05, 0) is 85.3 Å². The van der Waals surface area contributed by atoms with E-state index >= 15 is 0 Å². The quantitative estimate of drug-likeness (QED) is 0.204. The SMILES string of the molecule is Cc1cc(C)c(N2C=CN(c3cccc(Oc4ccc5c6ccccc6n(-c6cc(C(C)(C)C)ccn6)c5c4)c3)C2)c(C)c1. The zero-order valence-electron chi connectivity index (χ0n) is 26.3. The molecule has 0 atom stereocenters. The fourth-order valence-electron chi connectivity index (χ4n) is 6.49. The van der Waals surface area contributed by atoms with Crippen molar-refractivity contribution in [2.75, 3.05) is 16.5 Å². The maximum absolute atomic E-state index is 6.52. The Bertz CT molecular complexity index is 2040. The van der Waals surface area contributed by atoms with Crippen LogP contribution in [0.5, 0.6) is 11.5 Å². The van der Waals surface area contributed by atoms with Gasteiger partial charge in [-0.15, -0.1) is 0 Å². The molecule has 2 aromatic heterocycles. The molecule has 0 saturated heterocycles. The standard InChI is InChI=1S/C39H38N4O/c1-26-20-27(2)38(28(3)21-26)42-19-18-41(25-42)30-10-9-11-31(23-30)44-32-14-15-34-33-12-7-8-13-35(33)43(36(34)24-32)37-22-29(16-17-40-37)39(4,5)6/h7-24H,25H2,1-6H3. The summed E-state index contributed by atoms with van der Waals surface area (Å²) in [6.07, 6.45) is 6.21. The molecule has 0 aliphatic carbocycles. The van der Waals surface area contributed by atoms with E-state index in [4.69, 9.17) is 9.72 Å². The molecule has 5 heteroatoms. The first-order valence-electron chi connectivity index (χ1n) is 15.2. The first-order chi connectivity index (χ1) is 21.2. The Hall–Kier alpha value is -5.03. The van der Waals surface area contributed by atoms with Crippen molar-refractivity contribution < 1.29 is 4.74 Å². The van der Waals surface area contributed by atoms with E-state index < -0.39 is 0 Å². The Labute approximate surface area is 259 Å². The molecule has 0 saturated carbocycles. The van der Waals surface area contributed by atoms with Crippen LogP contribution in [0.2, 0.25) is 0 Å². The number of benzene rings is 4. The lowest BCUT2D eigenvalue weighted by Crippen LogP contribution is -2.25. The summed E-state index contributed by atoms with van der Waals surface area (Å²) in [7, 11) is 0. The summed E-state index contributed by atoms with van der Waals surface area (Å²) < 4.78 is 8.77. The molecule has 0 radical (unpaired) electrons. The Morgan fingerprint density at radius 3 is 2.20 bits per heavy atom. The van der Waals surface area contributed by atoms with Crippen LogP contribution in [0.25, 0.3) is 27.6 Å². The zero-order chi connectivity index (χ0) is 30.6. The smallest absolute Gasteiger partial charge is 0.137 e. The third-order valence-corrected chi connectivity index (χ3v) is 8.52. The van der Waals surface area contributed by atoms with Crippen LogP contribution in [0.15, 0.2) is 110 Å². The summed E-state index contributed by atoms with van der Waals surface area (Å²) in [5.41, 5.74) is 9.70. The molecule has 3 heterocycles. The Morgan fingerprint density at radius 2 is 1.41 bits per heavy atom. The topological polar surface area (TPSA) is 33.5 Å². The van der Waals surface area contributed by atoms with Gasteiger partial charge in [-0.2, -0.15) is 0 Å². The molecule has 0 fully saturated rings. The van der Waals surface area contributed by atoms with Gasteiger partial charge in [0.25, 0.3) is 0 Å². The van der Waals surface area contributed by atoms with E-state index in [9.17, 15) is 0 Å². The number of rotatable bonds is 5. The number of aromatic nitrogens is 2. The van der Waals surface area contributed by atoms with Gasteiger partial charge in [0.15, 0.2) is 0 Å². The first kappa shape index (κ1) is 27.8. The monoisotopic (exact) mass is 578 g/mol. The van der Waals surface area contributed by atoms with Crippen LogP contribution >= 0.6 is 0 Å². The lowest BCUT2D eigenvalue weighted by atomic mass is 9.88. The minimum Gasteiger partial charge on any atom is -0.457 e. The van der Waals surface area contributed by atoms with Crippen LogP contribution in [0.4, 0.5) is 11.4 Å². The van der Waals surface area contributed by atoms with Crippen LogP contribution in [0.1, 0.15) is 43.0 Å². The molecule has 0 N–H and O–H groups in total. The van der Waals surface area contributed by atoms with Gasteiger partial charge in [0.2, 0.25) is 0 Å². The lowest BCUT2D eigenvalue weighted by molar-refractivity contribution is 0.483. The number of nitrogens with zero attached hydrogens (tertiary/aromatic N) is 4. The number of pyridine rings is 1. The van der Waals surface area contributed by atoms with Gasteiger partial charge < -0.3 is 14.5 Å². The van der Waals surface area contributed by atoms with Crippen molar-refractivity contribution in [1.82, 2.24) is 9.55 Å². The van der Waals surface area contributed by atoms with Gasteiger partial charge in [-0.25, -0.2) is 4.98 Å².